The fraction of sp³-hybridized carbons (Fsp3) is 0.522. The fourth-order valence-corrected chi connectivity index (χ4v) is 6.23. The zero-order chi connectivity index (χ0) is 38.9. The van der Waals surface area contributed by atoms with Crippen molar-refractivity contribution in [2.75, 3.05) is 6.61 Å². The van der Waals surface area contributed by atoms with E-state index in [1.54, 1.807) is 36.4 Å². The van der Waals surface area contributed by atoms with Gasteiger partial charge in [0.1, 0.15) is 11.5 Å². The Morgan fingerprint density at radius 3 is 1.57 bits per heavy atom. The van der Waals surface area contributed by atoms with Gasteiger partial charge < -0.3 is 14.2 Å². The summed E-state index contributed by atoms with van der Waals surface area (Å²) in [6.07, 6.45) is 16.1. The van der Waals surface area contributed by atoms with Crippen molar-refractivity contribution >= 4 is 18.0 Å². The largest absolute Gasteiger partial charge is 0.494 e. The molecule has 3 aromatic carbocycles. The molecule has 0 N–H and O–H groups in total. The maximum Gasteiger partial charge on any atom is 0.425 e. The highest BCUT2D eigenvalue weighted by atomic mass is 19.4. The van der Waals surface area contributed by atoms with Gasteiger partial charge in [-0.15, -0.1) is 0 Å². The average Bonchev–Trinajstić information content (AvgIpc) is 3.17. The molecule has 0 aliphatic heterocycles. The van der Waals surface area contributed by atoms with Crippen molar-refractivity contribution in [1.29, 1.82) is 0 Å². The van der Waals surface area contributed by atoms with E-state index in [2.05, 4.69) is 13.8 Å². The average molecular weight is 751 g/mol. The number of halogens is 3. The fourth-order valence-electron chi connectivity index (χ4n) is 6.23. The Labute approximate surface area is 321 Å². The number of benzene rings is 3. The van der Waals surface area contributed by atoms with E-state index < -0.39 is 24.2 Å². The predicted octanol–water partition coefficient (Wildman–Crippen LogP) is 13.9. The smallest absolute Gasteiger partial charge is 0.425 e. The minimum atomic E-state index is -4.62. The molecule has 1 atom stereocenters. The highest BCUT2D eigenvalue weighted by Gasteiger charge is 2.42. The molecular weight excluding hydrogens is 689 g/mol. The van der Waals surface area contributed by atoms with Gasteiger partial charge in [-0.25, -0.2) is 9.59 Å². The van der Waals surface area contributed by atoms with E-state index in [-0.39, 0.29) is 6.42 Å². The minimum absolute atomic E-state index is 0.250. The van der Waals surface area contributed by atoms with Gasteiger partial charge >= 0.3 is 18.1 Å². The molecule has 0 bridgehead atoms. The number of esters is 2. The molecule has 5 nitrogen and oxygen atoms in total. The third-order valence-corrected chi connectivity index (χ3v) is 9.52. The molecule has 296 valence electrons. The lowest BCUT2D eigenvalue weighted by atomic mass is 10.0. The summed E-state index contributed by atoms with van der Waals surface area (Å²) in [6.45, 7) is 5.05. The number of hydrogen-bond acceptors (Lipinski definition) is 5. The standard InChI is InChI=1S/C46H61F3O5/c1-3-5-7-9-11-12-13-14-15-16-18-20-36-52-41-33-29-39(30-34-41)38-25-27-40(28-26-38)45(51)53-42-31-22-37(23-32-42)24-35-44(50)54-43(46(47,48)49)21-19-17-10-8-6-4-2/h22-35,43H,3-21,36H2,1-2H3/t43-/m0/s1. The first-order chi connectivity index (χ1) is 26.2. The molecular formula is C46H61F3O5. The molecule has 54 heavy (non-hydrogen) atoms. The number of carbonyl (C=O) groups is 2. The Kier molecular flexibility index (Phi) is 21.2. The maximum atomic E-state index is 13.4. The van der Waals surface area contributed by atoms with Crippen LogP contribution in [0, 0.1) is 0 Å². The molecule has 0 spiro atoms. The molecule has 0 aliphatic rings. The minimum Gasteiger partial charge on any atom is -0.494 e. The van der Waals surface area contributed by atoms with E-state index in [0.717, 1.165) is 55.1 Å². The van der Waals surface area contributed by atoms with Crippen LogP contribution < -0.4 is 9.47 Å². The van der Waals surface area contributed by atoms with Crippen molar-refractivity contribution in [2.45, 2.75) is 148 Å². The lowest BCUT2D eigenvalue weighted by Gasteiger charge is -2.19. The molecule has 0 saturated heterocycles. The molecule has 0 saturated carbocycles. The second kappa shape index (κ2) is 25.9. The van der Waals surface area contributed by atoms with Gasteiger partial charge in [-0.1, -0.05) is 153 Å². The number of hydrogen-bond donors (Lipinski definition) is 0. The second-order valence-electron chi connectivity index (χ2n) is 14.2. The number of carbonyl (C=O) groups excluding carboxylic acids is 2. The summed E-state index contributed by atoms with van der Waals surface area (Å²) < 4.78 is 56.5. The molecule has 0 fully saturated rings. The van der Waals surface area contributed by atoms with Crippen LogP contribution in [-0.4, -0.2) is 30.8 Å². The highest BCUT2D eigenvalue weighted by Crippen LogP contribution is 2.28. The monoisotopic (exact) mass is 750 g/mol. The SMILES string of the molecule is CCCCCCCCCCCCCCOc1ccc(-c2ccc(C(=O)Oc3ccc(C=CC(=O)O[C@@H](CCCCCCCC)C(F)(F)F)cc3)cc2)cc1. The number of alkyl halides is 3. The molecule has 0 radical (unpaired) electrons. The van der Waals surface area contributed by atoms with Crippen LogP contribution in [0.3, 0.4) is 0 Å². The van der Waals surface area contributed by atoms with Crippen molar-refractivity contribution in [1.82, 2.24) is 0 Å². The first-order valence-corrected chi connectivity index (χ1v) is 20.3. The highest BCUT2D eigenvalue weighted by molar-refractivity contribution is 5.91. The van der Waals surface area contributed by atoms with Gasteiger partial charge in [0.2, 0.25) is 0 Å². The Morgan fingerprint density at radius 2 is 1.06 bits per heavy atom. The van der Waals surface area contributed by atoms with Crippen LogP contribution in [0.15, 0.2) is 78.9 Å². The van der Waals surface area contributed by atoms with Crippen molar-refractivity contribution in [3.05, 3.63) is 90.0 Å². The number of ether oxygens (including phenoxy) is 3. The van der Waals surface area contributed by atoms with Crippen molar-refractivity contribution in [3.63, 3.8) is 0 Å². The Hall–Kier alpha value is -4.07. The number of rotatable bonds is 27. The van der Waals surface area contributed by atoms with E-state index in [1.165, 1.54) is 76.7 Å². The van der Waals surface area contributed by atoms with Gasteiger partial charge in [0, 0.05) is 6.08 Å². The maximum absolute atomic E-state index is 13.4. The van der Waals surface area contributed by atoms with Gasteiger partial charge in [-0.3, -0.25) is 0 Å². The predicted molar refractivity (Wildman–Crippen MR) is 213 cm³/mol. The van der Waals surface area contributed by atoms with E-state index in [4.69, 9.17) is 14.2 Å². The topological polar surface area (TPSA) is 61.8 Å². The summed E-state index contributed by atoms with van der Waals surface area (Å²) in [6, 6.07) is 21.4. The molecule has 3 aromatic rings. The lowest BCUT2D eigenvalue weighted by Crippen LogP contribution is -2.33. The normalized spacial score (nSPS) is 12.2. The lowest BCUT2D eigenvalue weighted by molar-refractivity contribution is -0.220. The summed E-state index contributed by atoms with van der Waals surface area (Å²) in [5.41, 5.74) is 2.88. The van der Waals surface area contributed by atoms with Crippen LogP contribution in [-0.2, 0) is 9.53 Å². The van der Waals surface area contributed by atoms with Gasteiger partial charge in [0.05, 0.1) is 12.2 Å². The Balaban J connectivity index is 1.36. The quantitative estimate of drug-likeness (QED) is 0.0336. The molecule has 0 heterocycles. The third kappa shape index (κ3) is 18.3. The van der Waals surface area contributed by atoms with Crippen molar-refractivity contribution in [3.8, 4) is 22.6 Å². The van der Waals surface area contributed by atoms with Crippen LogP contribution in [0.25, 0.3) is 17.2 Å². The molecule has 0 amide bonds. The van der Waals surface area contributed by atoms with Crippen LogP contribution in [0.5, 0.6) is 11.5 Å². The first kappa shape index (κ1) is 44.3. The first-order valence-electron chi connectivity index (χ1n) is 20.3. The van der Waals surface area contributed by atoms with Crippen LogP contribution >= 0.6 is 0 Å². The van der Waals surface area contributed by atoms with Crippen molar-refractivity contribution < 1.29 is 37.0 Å². The second-order valence-corrected chi connectivity index (χ2v) is 14.2. The van der Waals surface area contributed by atoms with Crippen LogP contribution in [0.1, 0.15) is 152 Å². The number of unbranched alkanes of at least 4 members (excludes halogenated alkanes) is 16. The Morgan fingerprint density at radius 1 is 0.593 bits per heavy atom. The molecule has 0 aromatic heterocycles. The van der Waals surface area contributed by atoms with Crippen LogP contribution in [0.4, 0.5) is 13.2 Å². The van der Waals surface area contributed by atoms with Gasteiger partial charge in [-0.05, 0) is 78.4 Å². The zero-order valence-electron chi connectivity index (χ0n) is 32.5. The zero-order valence-corrected chi connectivity index (χ0v) is 32.5. The van der Waals surface area contributed by atoms with E-state index in [9.17, 15) is 22.8 Å². The third-order valence-electron chi connectivity index (χ3n) is 9.52. The summed E-state index contributed by atoms with van der Waals surface area (Å²) in [4.78, 5) is 25.0. The molecule has 0 aliphatic carbocycles. The van der Waals surface area contributed by atoms with E-state index in [0.29, 0.717) is 36.3 Å². The van der Waals surface area contributed by atoms with E-state index in [1.807, 2.05) is 36.4 Å². The van der Waals surface area contributed by atoms with Gasteiger partial charge in [0.15, 0.2) is 6.10 Å². The Bertz CT molecular complexity index is 1480. The van der Waals surface area contributed by atoms with Crippen LogP contribution in [0.2, 0.25) is 0 Å². The van der Waals surface area contributed by atoms with Crippen molar-refractivity contribution in [2.24, 2.45) is 0 Å². The van der Waals surface area contributed by atoms with E-state index >= 15 is 0 Å². The summed E-state index contributed by atoms with van der Waals surface area (Å²) in [7, 11) is 0. The van der Waals surface area contributed by atoms with Gasteiger partial charge in [0.25, 0.3) is 0 Å². The molecule has 0 unspecified atom stereocenters. The van der Waals surface area contributed by atoms with Gasteiger partial charge in [-0.2, -0.15) is 13.2 Å². The summed E-state index contributed by atoms with van der Waals surface area (Å²) >= 11 is 0. The molecule has 8 heteroatoms. The molecule has 3 rings (SSSR count). The summed E-state index contributed by atoms with van der Waals surface area (Å²) in [5, 5.41) is 0. The summed E-state index contributed by atoms with van der Waals surface area (Å²) in [5.74, 6) is -0.452.